The number of hydrogen-bond acceptors (Lipinski definition) is 3. The zero-order valence-corrected chi connectivity index (χ0v) is 14.7. The molecule has 0 aromatic heterocycles. The van der Waals surface area contributed by atoms with Crippen LogP contribution in [0.2, 0.25) is 0 Å². The molecule has 7 heteroatoms. The number of anilines is 1. The lowest BCUT2D eigenvalue weighted by Gasteiger charge is -2.13. The van der Waals surface area contributed by atoms with Gasteiger partial charge in [-0.1, -0.05) is 26.0 Å². The SMILES string of the molecule is CC.CC(=O)Nc1cc2c(c(-c3ccc(OC(F)(F)F)cc3)c1)OCC2. The van der Waals surface area contributed by atoms with Crippen LogP contribution in [0.4, 0.5) is 18.9 Å². The van der Waals surface area contributed by atoms with Crippen LogP contribution in [-0.2, 0) is 11.2 Å². The van der Waals surface area contributed by atoms with E-state index in [9.17, 15) is 18.0 Å². The van der Waals surface area contributed by atoms with Crippen molar-refractivity contribution in [2.75, 3.05) is 11.9 Å². The lowest BCUT2D eigenvalue weighted by molar-refractivity contribution is -0.274. The maximum Gasteiger partial charge on any atom is 0.573 e. The van der Waals surface area contributed by atoms with Gasteiger partial charge in [-0.3, -0.25) is 4.79 Å². The Hall–Kier alpha value is -2.70. The van der Waals surface area contributed by atoms with Gasteiger partial charge < -0.3 is 14.8 Å². The number of ether oxygens (including phenoxy) is 2. The monoisotopic (exact) mass is 367 g/mol. The van der Waals surface area contributed by atoms with Crippen molar-refractivity contribution in [1.82, 2.24) is 0 Å². The Morgan fingerprint density at radius 3 is 2.38 bits per heavy atom. The van der Waals surface area contributed by atoms with E-state index in [2.05, 4.69) is 10.1 Å². The molecule has 2 aromatic carbocycles. The maximum absolute atomic E-state index is 12.2. The Kier molecular flexibility index (Phi) is 6.13. The van der Waals surface area contributed by atoms with Crippen molar-refractivity contribution in [3.05, 3.63) is 42.0 Å². The van der Waals surface area contributed by atoms with Gasteiger partial charge in [0, 0.05) is 30.2 Å². The van der Waals surface area contributed by atoms with E-state index in [1.807, 2.05) is 19.9 Å². The van der Waals surface area contributed by atoms with E-state index in [0.717, 1.165) is 5.56 Å². The molecule has 3 rings (SSSR count). The summed E-state index contributed by atoms with van der Waals surface area (Å²) in [6.07, 6.45) is -4.01. The van der Waals surface area contributed by atoms with Crippen LogP contribution >= 0.6 is 0 Å². The molecule has 1 aliphatic heterocycles. The highest BCUT2D eigenvalue weighted by molar-refractivity contribution is 5.90. The zero-order valence-electron chi connectivity index (χ0n) is 14.7. The number of benzene rings is 2. The zero-order chi connectivity index (χ0) is 19.3. The Bertz CT molecular complexity index is 771. The van der Waals surface area contributed by atoms with E-state index in [4.69, 9.17) is 4.74 Å². The Morgan fingerprint density at radius 2 is 1.81 bits per heavy atom. The molecule has 0 spiro atoms. The van der Waals surface area contributed by atoms with Gasteiger partial charge in [0.15, 0.2) is 0 Å². The topological polar surface area (TPSA) is 47.6 Å². The Morgan fingerprint density at radius 1 is 1.15 bits per heavy atom. The van der Waals surface area contributed by atoms with Crippen LogP contribution in [0.5, 0.6) is 11.5 Å². The standard InChI is InChI=1S/C17H14F3NO3.C2H6/c1-10(22)21-13-8-12-6-7-23-16(12)15(9-13)11-2-4-14(5-3-11)24-17(18,19)20;1-2/h2-5,8-9H,6-7H2,1H3,(H,21,22);1-2H3. The molecule has 2 aromatic rings. The third-order valence-corrected chi connectivity index (χ3v) is 3.50. The van der Waals surface area contributed by atoms with Crippen molar-refractivity contribution >= 4 is 11.6 Å². The van der Waals surface area contributed by atoms with Crippen LogP contribution in [0.3, 0.4) is 0 Å². The number of carbonyl (C=O) groups is 1. The number of carbonyl (C=O) groups excluding carboxylic acids is 1. The summed E-state index contributed by atoms with van der Waals surface area (Å²) in [7, 11) is 0. The van der Waals surface area contributed by atoms with E-state index in [1.54, 1.807) is 6.07 Å². The molecule has 1 heterocycles. The van der Waals surface area contributed by atoms with Gasteiger partial charge in [-0.2, -0.15) is 0 Å². The van der Waals surface area contributed by atoms with Gasteiger partial charge in [-0.05, 0) is 29.8 Å². The Balaban J connectivity index is 0.00000117. The van der Waals surface area contributed by atoms with E-state index in [-0.39, 0.29) is 11.7 Å². The fourth-order valence-corrected chi connectivity index (χ4v) is 2.63. The summed E-state index contributed by atoms with van der Waals surface area (Å²) in [5.74, 6) is 0.198. The number of rotatable bonds is 3. The quantitative estimate of drug-likeness (QED) is 0.814. The molecule has 4 nitrogen and oxygen atoms in total. The number of fused-ring (bicyclic) bond motifs is 1. The number of halogens is 3. The summed E-state index contributed by atoms with van der Waals surface area (Å²) in [5.41, 5.74) is 2.96. The van der Waals surface area contributed by atoms with Gasteiger partial charge in [0.25, 0.3) is 0 Å². The van der Waals surface area contributed by atoms with Crippen LogP contribution in [0, 0.1) is 0 Å². The van der Waals surface area contributed by atoms with Crippen LogP contribution in [0.25, 0.3) is 11.1 Å². The normalized spacial score (nSPS) is 12.4. The molecule has 1 aliphatic rings. The van der Waals surface area contributed by atoms with Crippen LogP contribution in [-0.4, -0.2) is 18.9 Å². The second-order valence-electron chi connectivity index (χ2n) is 5.36. The third kappa shape index (κ3) is 4.91. The van der Waals surface area contributed by atoms with Crippen molar-refractivity contribution in [1.29, 1.82) is 0 Å². The van der Waals surface area contributed by atoms with Crippen molar-refractivity contribution in [3.63, 3.8) is 0 Å². The highest BCUT2D eigenvalue weighted by Crippen LogP contribution is 2.40. The molecule has 0 atom stereocenters. The van der Waals surface area contributed by atoms with Crippen molar-refractivity contribution in [2.24, 2.45) is 0 Å². The molecule has 0 bridgehead atoms. The average Bonchev–Trinajstić information content (AvgIpc) is 3.03. The number of alkyl halides is 3. The van der Waals surface area contributed by atoms with E-state index >= 15 is 0 Å². The van der Waals surface area contributed by atoms with Gasteiger partial charge in [0.1, 0.15) is 11.5 Å². The summed E-state index contributed by atoms with van der Waals surface area (Å²) in [6.45, 7) is 5.94. The van der Waals surface area contributed by atoms with Gasteiger partial charge in [0.05, 0.1) is 6.61 Å². The van der Waals surface area contributed by atoms with Crippen LogP contribution in [0.15, 0.2) is 36.4 Å². The molecular formula is C19H20F3NO3. The highest BCUT2D eigenvalue weighted by atomic mass is 19.4. The number of amides is 1. The first-order valence-electron chi connectivity index (χ1n) is 8.25. The maximum atomic E-state index is 12.2. The highest BCUT2D eigenvalue weighted by Gasteiger charge is 2.31. The van der Waals surface area contributed by atoms with Gasteiger partial charge in [-0.15, -0.1) is 13.2 Å². The molecule has 140 valence electrons. The van der Waals surface area contributed by atoms with Crippen molar-refractivity contribution in [3.8, 4) is 22.6 Å². The van der Waals surface area contributed by atoms with Crippen LogP contribution in [0.1, 0.15) is 26.3 Å². The minimum atomic E-state index is -4.73. The molecule has 26 heavy (non-hydrogen) atoms. The summed E-state index contributed by atoms with van der Waals surface area (Å²) in [5, 5.41) is 2.72. The second-order valence-corrected chi connectivity index (χ2v) is 5.36. The first-order chi connectivity index (χ1) is 12.3. The summed E-state index contributed by atoms with van der Waals surface area (Å²) in [6, 6.07) is 9.12. The van der Waals surface area contributed by atoms with Crippen molar-refractivity contribution in [2.45, 2.75) is 33.6 Å². The van der Waals surface area contributed by atoms with Gasteiger partial charge in [0.2, 0.25) is 5.91 Å². The predicted molar refractivity (Wildman–Crippen MR) is 93.4 cm³/mol. The van der Waals surface area contributed by atoms with E-state index < -0.39 is 6.36 Å². The summed E-state index contributed by atoms with van der Waals surface area (Å²) < 4.78 is 46.2. The fourth-order valence-electron chi connectivity index (χ4n) is 2.63. The lowest BCUT2D eigenvalue weighted by atomic mass is 10.00. The average molecular weight is 367 g/mol. The van der Waals surface area contributed by atoms with E-state index in [1.165, 1.54) is 31.2 Å². The summed E-state index contributed by atoms with van der Waals surface area (Å²) in [4.78, 5) is 11.3. The number of hydrogen-bond donors (Lipinski definition) is 1. The minimum absolute atomic E-state index is 0.200. The molecule has 0 saturated heterocycles. The fraction of sp³-hybridized carbons (Fsp3) is 0.316. The van der Waals surface area contributed by atoms with Gasteiger partial charge >= 0.3 is 6.36 Å². The molecule has 0 aliphatic carbocycles. The molecule has 0 radical (unpaired) electrons. The molecule has 1 amide bonds. The predicted octanol–water partition coefficient (Wildman–Crippen LogP) is 5.17. The van der Waals surface area contributed by atoms with E-state index in [0.29, 0.717) is 35.6 Å². The van der Waals surface area contributed by atoms with Crippen molar-refractivity contribution < 1.29 is 27.4 Å². The lowest BCUT2D eigenvalue weighted by Crippen LogP contribution is -2.16. The molecule has 1 N–H and O–H groups in total. The second kappa shape index (κ2) is 8.12. The number of nitrogens with one attached hydrogen (secondary N) is 1. The third-order valence-electron chi connectivity index (χ3n) is 3.50. The smallest absolute Gasteiger partial charge is 0.492 e. The first kappa shape index (κ1) is 19.6. The summed E-state index contributed by atoms with van der Waals surface area (Å²) >= 11 is 0. The first-order valence-corrected chi connectivity index (χ1v) is 8.25. The molecule has 0 unspecified atom stereocenters. The largest absolute Gasteiger partial charge is 0.573 e. The minimum Gasteiger partial charge on any atom is -0.492 e. The molecule has 0 saturated carbocycles. The van der Waals surface area contributed by atoms with Crippen LogP contribution < -0.4 is 14.8 Å². The van der Waals surface area contributed by atoms with Gasteiger partial charge in [-0.25, -0.2) is 0 Å². The Labute approximate surface area is 149 Å². The molecule has 0 fully saturated rings. The molecular weight excluding hydrogens is 347 g/mol.